The molecule has 1 atom stereocenters. The normalized spacial score (nSPS) is 11.3. The van der Waals surface area contributed by atoms with E-state index in [1.54, 1.807) is 13.2 Å². The Morgan fingerprint density at radius 2 is 2.26 bits per heavy atom. The molecule has 19 heavy (non-hydrogen) atoms. The van der Waals surface area contributed by atoms with Gasteiger partial charge in [0.15, 0.2) is 0 Å². The second kappa shape index (κ2) is 7.27. The Balaban J connectivity index is 2.68. The number of amides is 2. The van der Waals surface area contributed by atoms with Gasteiger partial charge in [0.25, 0.3) is 0 Å². The highest BCUT2D eigenvalue weighted by molar-refractivity contribution is 5.90. The van der Waals surface area contributed by atoms with Crippen molar-refractivity contribution in [2.24, 2.45) is 0 Å². The number of nitrogens with zero attached hydrogens (tertiary/aromatic N) is 1. The largest absolute Gasteiger partial charge is 0.497 e. The van der Waals surface area contributed by atoms with Crippen LogP contribution in [-0.4, -0.2) is 19.2 Å². The van der Waals surface area contributed by atoms with Crippen LogP contribution in [-0.2, 0) is 0 Å². The summed E-state index contributed by atoms with van der Waals surface area (Å²) >= 11 is 0. The van der Waals surface area contributed by atoms with Crippen LogP contribution in [0.3, 0.4) is 0 Å². The number of rotatable bonds is 5. The fourth-order valence-corrected chi connectivity index (χ4v) is 1.61. The minimum absolute atomic E-state index is 0.129. The lowest BCUT2D eigenvalue weighted by Crippen LogP contribution is -2.37. The zero-order valence-electron chi connectivity index (χ0n) is 11.5. The molecule has 5 heteroatoms. The van der Waals surface area contributed by atoms with E-state index in [1.807, 2.05) is 26.0 Å². The summed E-state index contributed by atoms with van der Waals surface area (Å²) in [4.78, 5) is 11.8. The van der Waals surface area contributed by atoms with E-state index in [0.717, 1.165) is 12.0 Å². The van der Waals surface area contributed by atoms with E-state index in [2.05, 4.69) is 16.7 Å². The van der Waals surface area contributed by atoms with Gasteiger partial charge in [-0.1, -0.05) is 13.0 Å². The van der Waals surface area contributed by atoms with Gasteiger partial charge in [-0.25, -0.2) is 4.79 Å². The third kappa shape index (κ3) is 4.51. The van der Waals surface area contributed by atoms with Gasteiger partial charge in [0.05, 0.1) is 19.6 Å². The van der Waals surface area contributed by atoms with Gasteiger partial charge >= 0.3 is 6.03 Å². The van der Waals surface area contributed by atoms with Gasteiger partial charge in [-0.15, -0.1) is 0 Å². The molecule has 0 aliphatic carbocycles. The smallest absolute Gasteiger partial charge is 0.319 e. The highest BCUT2D eigenvalue weighted by atomic mass is 16.5. The molecule has 0 aliphatic rings. The number of hydrogen-bond donors (Lipinski definition) is 2. The van der Waals surface area contributed by atoms with Crippen molar-refractivity contribution in [3.63, 3.8) is 0 Å². The van der Waals surface area contributed by atoms with Gasteiger partial charge < -0.3 is 15.4 Å². The summed E-state index contributed by atoms with van der Waals surface area (Å²) in [6.45, 7) is 3.83. The zero-order chi connectivity index (χ0) is 14.3. The van der Waals surface area contributed by atoms with Crippen molar-refractivity contribution in [1.82, 2.24) is 5.32 Å². The molecule has 2 N–H and O–H groups in total. The maximum absolute atomic E-state index is 11.8. The monoisotopic (exact) mass is 261 g/mol. The van der Waals surface area contributed by atoms with Gasteiger partial charge in [-0.05, 0) is 25.0 Å². The van der Waals surface area contributed by atoms with Crippen LogP contribution in [0.15, 0.2) is 18.2 Å². The van der Waals surface area contributed by atoms with Crippen molar-refractivity contribution in [3.05, 3.63) is 23.8 Å². The molecule has 1 unspecified atom stereocenters. The summed E-state index contributed by atoms with van der Waals surface area (Å²) in [7, 11) is 1.58. The summed E-state index contributed by atoms with van der Waals surface area (Å²) < 4.78 is 5.12. The van der Waals surface area contributed by atoms with Crippen molar-refractivity contribution >= 4 is 11.7 Å². The first-order valence-corrected chi connectivity index (χ1v) is 6.19. The number of anilines is 1. The Bertz CT molecular complexity index is 480. The number of nitrogens with one attached hydrogen (secondary N) is 2. The van der Waals surface area contributed by atoms with Crippen molar-refractivity contribution < 1.29 is 9.53 Å². The molecule has 0 radical (unpaired) electrons. The third-order valence-corrected chi connectivity index (χ3v) is 2.86. The van der Waals surface area contributed by atoms with Crippen LogP contribution in [0.5, 0.6) is 5.75 Å². The lowest BCUT2D eigenvalue weighted by Gasteiger charge is -2.15. The summed E-state index contributed by atoms with van der Waals surface area (Å²) in [5, 5.41) is 14.2. The third-order valence-electron chi connectivity index (χ3n) is 2.86. The average molecular weight is 261 g/mol. The van der Waals surface area contributed by atoms with Crippen molar-refractivity contribution in [2.45, 2.75) is 32.7 Å². The predicted molar refractivity (Wildman–Crippen MR) is 74.2 cm³/mol. The van der Waals surface area contributed by atoms with Crippen molar-refractivity contribution in [1.29, 1.82) is 5.26 Å². The van der Waals surface area contributed by atoms with Crippen molar-refractivity contribution in [2.75, 3.05) is 12.4 Å². The number of hydrogen-bond acceptors (Lipinski definition) is 3. The number of benzene rings is 1. The number of aryl methyl sites for hydroxylation is 1. The number of methoxy groups -OCH3 is 1. The number of carbonyl (C=O) groups is 1. The van der Waals surface area contributed by atoms with Gasteiger partial charge in [0.1, 0.15) is 5.75 Å². The molecule has 1 aromatic carbocycles. The minimum Gasteiger partial charge on any atom is -0.497 e. The maximum Gasteiger partial charge on any atom is 0.319 e. The van der Waals surface area contributed by atoms with Crippen LogP contribution in [0.25, 0.3) is 0 Å². The van der Waals surface area contributed by atoms with Crippen molar-refractivity contribution in [3.8, 4) is 11.8 Å². The van der Waals surface area contributed by atoms with Gasteiger partial charge in [-0.2, -0.15) is 5.26 Å². The SMILES string of the molecule is CCC(CC#N)NC(=O)Nc1cc(OC)ccc1C. The Morgan fingerprint density at radius 1 is 1.53 bits per heavy atom. The number of nitriles is 1. The molecule has 0 heterocycles. The summed E-state index contributed by atoms with van der Waals surface area (Å²) in [6, 6.07) is 7.10. The van der Waals surface area contributed by atoms with E-state index in [1.165, 1.54) is 0 Å². The van der Waals surface area contributed by atoms with Crippen LogP contribution in [0.2, 0.25) is 0 Å². The molecule has 0 spiro atoms. The number of urea groups is 1. The Labute approximate surface area is 113 Å². The van der Waals surface area contributed by atoms with E-state index in [-0.39, 0.29) is 12.1 Å². The molecule has 0 saturated carbocycles. The molecule has 1 aromatic rings. The van der Waals surface area contributed by atoms with Crippen LogP contribution >= 0.6 is 0 Å². The fourth-order valence-electron chi connectivity index (χ4n) is 1.61. The number of carbonyl (C=O) groups excluding carboxylic acids is 1. The quantitative estimate of drug-likeness (QED) is 0.855. The maximum atomic E-state index is 11.8. The fraction of sp³-hybridized carbons (Fsp3) is 0.429. The molecule has 102 valence electrons. The van der Waals surface area contributed by atoms with Gasteiger partial charge in [0, 0.05) is 17.8 Å². The molecular weight excluding hydrogens is 242 g/mol. The van der Waals surface area contributed by atoms with E-state index in [0.29, 0.717) is 17.9 Å². The van der Waals surface area contributed by atoms with E-state index in [9.17, 15) is 4.79 Å². The van der Waals surface area contributed by atoms with E-state index in [4.69, 9.17) is 10.00 Å². The Morgan fingerprint density at radius 3 is 2.84 bits per heavy atom. The van der Waals surface area contributed by atoms with Gasteiger partial charge in [0.2, 0.25) is 0 Å². The molecule has 0 aromatic heterocycles. The topological polar surface area (TPSA) is 74.2 Å². The first kappa shape index (κ1) is 14.8. The molecule has 0 aliphatic heterocycles. The summed E-state index contributed by atoms with van der Waals surface area (Å²) in [6.07, 6.45) is 1.03. The molecule has 0 fully saturated rings. The average Bonchev–Trinajstić information content (AvgIpc) is 2.40. The molecule has 2 amide bonds. The van der Waals surface area contributed by atoms with E-state index >= 15 is 0 Å². The van der Waals surface area contributed by atoms with Crippen LogP contribution in [0.1, 0.15) is 25.3 Å². The first-order valence-electron chi connectivity index (χ1n) is 6.19. The lowest BCUT2D eigenvalue weighted by molar-refractivity contribution is 0.248. The highest BCUT2D eigenvalue weighted by Crippen LogP contribution is 2.21. The molecule has 1 rings (SSSR count). The Hall–Kier alpha value is -2.22. The molecule has 0 saturated heterocycles. The minimum atomic E-state index is -0.307. The molecular formula is C14H19N3O2. The van der Waals surface area contributed by atoms with Crippen LogP contribution < -0.4 is 15.4 Å². The highest BCUT2D eigenvalue weighted by Gasteiger charge is 2.11. The first-order chi connectivity index (χ1) is 9.10. The zero-order valence-corrected chi connectivity index (χ0v) is 11.5. The Kier molecular flexibility index (Phi) is 5.68. The second-order valence-corrected chi connectivity index (χ2v) is 4.25. The van der Waals surface area contributed by atoms with Gasteiger partial charge in [-0.3, -0.25) is 0 Å². The summed E-state index contributed by atoms with van der Waals surface area (Å²) in [5.74, 6) is 0.685. The predicted octanol–water partition coefficient (Wildman–Crippen LogP) is 2.82. The second-order valence-electron chi connectivity index (χ2n) is 4.25. The molecule has 0 bridgehead atoms. The van der Waals surface area contributed by atoms with Crippen LogP contribution in [0.4, 0.5) is 10.5 Å². The van der Waals surface area contributed by atoms with Crippen LogP contribution in [0, 0.1) is 18.3 Å². The molecule has 5 nitrogen and oxygen atoms in total. The number of ether oxygens (including phenoxy) is 1. The lowest BCUT2D eigenvalue weighted by atomic mass is 10.1. The standard InChI is InChI=1S/C14H19N3O2/c1-4-11(7-8-15)16-14(18)17-13-9-12(19-3)6-5-10(13)2/h5-6,9,11H,4,7H2,1-3H3,(H2,16,17,18). The summed E-state index contributed by atoms with van der Waals surface area (Å²) in [5.41, 5.74) is 1.65. The van der Waals surface area contributed by atoms with E-state index < -0.39 is 0 Å².